The topological polar surface area (TPSA) is 55.9 Å². The predicted octanol–water partition coefficient (Wildman–Crippen LogP) is 2.04. The first-order chi connectivity index (χ1) is 9.58. The summed E-state index contributed by atoms with van der Waals surface area (Å²) in [4.78, 5) is 4.34. The van der Waals surface area contributed by atoms with E-state index in [0.29, 0.717) is 0 Å². The third-order valence-corrected chi connectivity index (χ3v) is 3.73. The maximum Gasteiger partial charge on any atom is 0.110 e. The highest BCUT2D eigenvalue weighted by atomic mass is 16.3. The van der Waals surface area contributed by atoms with E-state index in [1.807, 2.05) is 35.6 Å². The van der Waals surface area contributed by atoms with E-state index in [9.17, 15) is 5.11 Å². The first kappa shape index (κ1) is 14.8. The highest BCUT2D eigenvalue weighted by Crippen LogP contribution is 2.23. The Balaban J connectivity index is 2.25. The van der Waals surface area contributed by atoms with Gasteiger partial charge in [-0.25, -0.2) is 4.98 Å². The molecule has 0 aliphatic heterocycles. The molecule has 1 atom stereocenters. The average Bonchev–Trinajstić information content (AvgIpc) is 2.99. The highest BCUT2D eigenvalue weighted by molar-refractivity contribution is 5.28. The van der Waals surface area contributed by atoms with Crippen LogP contribution in [0.4, 0.5) is 0 Å². The number of imidazole rings is 1. The largest absolute Gasteiger partial charge is 0.389 e. The number of hydrogen-bond acceptors (Lipinski definition) is 3. The molecule has 1 N–H and O–H groups in total. The Morgan fingerprint density at radius 2 is 2.05 bits per heavy atom. The number of aliphatic hydroxyl groups excluding tert-OH is 1. The maximum absolute atomic E-state index is 9.99. The van der Waals surface area contributed by atoms with Crippen molar-refractivity contribution in [2.24, 2.45) is 7.05 Å². The van der Waals surface area contributed by atoms with Crippen molar-refractivity contribution in [2.45, 2.75) is 52.7 Å². The first-order valence-electron chi connectivity index (χ1n) is 7.31. The molecule has 110 valence electrons. The van der Waals surface area contributed by atoms with Crippen LogP contribution in [0.15, 0.2) is 12.4 Å². The molecule has 1 unspecified atom stereocenters. The molecule has 0 aliphatic rings. The second-order valence-electron chi connectivity index (χ2n) is 5.12. The third kappa shape index (κ3) is 2.77. The van der Waals surface area contributed by atoms with E-state index in [1.165, 1.54) is 0 Å². The molecule has 2 aromatic heterocycles. The van der Waals surface area contributed by atoms with Crippen molar-refractivity contribution in [2.75, 3.05) is 0 Å². The monoisotopic (exact) mass is 276 g/mol. The summed E-state index contributed by atoms with van der Waals surface area (Å²) in [5, 5.41) is 14.7. The van der Waals surface area contributed by atoms with Gasteiger partial charge in [-0.2, -0.15) is 5.10 Å². The van der Waals surface area contributed by atoms with Gasteiger partial charge in [-0.1, -0.05) is 13.8 Å². The van der Waals surface area contributed by atoms with E-state index in [4.69, 9.17) is 0 Å². The van der Waals surface area contributed by atoms with E-state index < -0.39 is 6.10 Å². The number of hydrogen-bond donors (Lipinski definition) is 1. The van der Waals surface area contributed by atoms with E-state index in [0.717, 1.165) is 48.6 Å². The first-order valence-corrected chi connectivity index (χ1v) is 7.31. The Labute approximate surface area is 120 Å². The van der Waals surface area contributed by atoms with Crippen LogP contribution in [0.1, 0.15) is 49.7 Å². The minimum atomic E-state index is -0.457. The van der Waals surface area contributed by atoms with Crippen LogP contribution in [0, 0.1) is 0 Å². The summed E-state index contributed by atoms with van der Waals surface area (Å²) >= 11 is 0. The fourth-order valence-electron chi connectivity index (χ4n) is 2.71. The van der Waals surface area contributed by atoms with Gasteiger partial charge in [-0.3, -0.25) is 4.68 Å². The number of aromatic nitrogens is 4. The SMILES string of the molecule is CCc1nn(CCc2nccn2C)c(CC)c1C(C)O. The van der Waals surface area contributed by atoms with Crippen LogP contribution >= 0.6 is 0 Å². The van der Waals surface area contributed by atoms with Crippen molar-refractivity contribution in [3.05, 3.63) is 35.2 Å². The molecule has 0 amide bonds. The van der Waals surface area contributed by atoms with E-state index in [2.05, 4.69) is 23.9 Å². The van der Waals surface area contributed by atoms with Crippen LogP contribution in [-0.4, -0.2) is 24.4 Å². The molecule has 0 saturated carbocycles. The van der Waals surface area contributed by atoms with Crippen molar-refractivity contribution >= 4 is 0 Å². The highest BCUT2D eigenvalue weighted by Gasteiger charge is 2.19. The van der Waals surface area contributed by atoms with Crippen LogP contribution in [0.2, 0.25) is 0 Å². The second kappa shape index (κ2) is 6.22. The van der Waals surface area contributed by atoms with Crippen molar-refractivity contribution in [3.8, 4) is 0 Å². The Kier molecular flexibility index (Phi) is 4.60. The second-order valence-corrected chi connectivity index (χ2v) is 5.12. The lowest BCUT2D eigenvalue weighted by molar-refractivity contribution is 0.197. The summed E-state index contributed by atoms with van der Waals surface area (Å²) in [7, 11) is 2.00. The number of nitrogens with zero attached hydrogens (tertiary/aromatic N) is 4. The summed E-state index contributed by atoms with van der Waals surface area (Å²) in [6.07, 6.45) is 5.90. The summed E-state index contributed by atoms with van der Waals surface area (Å²) in [6, 6.07) is 0. The minimum absolute atomic E-state index is 0.457. The van der Waals surface area contributed by atoms with Crippen LogP contribution in [0.25, 0.3) is 0 Å². The minimum Gasteiger partial charge on any atom is -0.389 e. The lowest BCUT2D eigenvalue weighted by Crippen LogP contribution is -2.10. The molecule has 2 aromatic rings. The molecule has 5 heteroatoms. The maximum atomic E-state index is 9.99. The fraction of sp³-hybridized carbons (Fsp3) is 0.600. The van der Waals surface area contributed by atoms with E-state index in [-0.39, 0.29) is 0 Å². The van der Waals surface area contributed by atoms with Gasteiger partial charge in [0, 0.05) is 43.7 Å². The van der Waals surface area contributed by atoms with Gasteiger partial charge in [0.25, 0.3) is 0 Å². The molecule has 0 aromatic carbocycles. The summed E-state index contributed by atoms with van der Waals surface area (Å²) in [5.41, 5.74) is 3.16. The predicted molar refractivity (Wildman–Crippen MR) is 78.5 cm³/mol. The third-order valence-electron chi connectivity index (χ3n) is 3.73. The van der Waals surface area contributed by atoms with Crippen LogP contribution in [0.5, 0.6) is 0 Å². The molecule has 5 nitrogen and oxygen atoms in total. The summed E-state index contributed by atoms with van der Waals surface area (Å²) < 4.78 is 4.07. The van der Waals surface area contributed by atoms with Crippen LogP contribution < -0.4 is 0 Å². The number of rotatable bonds is 6. The lowest BCUT2D eigenvalue weighted by Gasteiger charge is -2.09. The Morgan fingerprint density at radius 1 is 1.30 bits per heavy atom. The van der Waals surface area contributed by atoms with Gasteiger partial charge in [-0.05, 0) is 19.8 Å². The molecule has 20 heavy (non-hydrogen) atoms. The Hall–Kier alpha value is -1.62. The number of aliphatic hydroxyl groups is 1. The molecule has 0 spiro atoms. The molecule has 0 fully saturated rings. The quantitative estimate of drug-likeness (QED) is 0.878. The lowest BCUT2D eigenvalue weighted by atomic mass is 10.0. The molecule has 0 aliphatic carbocycles. The molecule has 0 bridgehead atoms. The van der Waals surface area contributed by atoms with Crippen LogP contribution in [-0.2, 0) is 32.9 Å². The molecular formula is C15H24N4O. The van der Waals surface area contributed by atoms with Crippen molar-refractivity contribution < 1.29 is 5.11 Å². The van der Waals surface area contributed by atoms with Crippen molar-refractivity contribution in [1.29, 1.82) is 0 Å². The standard InChI is InChI=1S/C15H24N4O/c1-5-12-15(11(3)20)13(6-2)19(17-12)9-7-14-16-8-10-18(14)4/h8,10-11,20H,5-7,9H2,1-4H3. The van der Waals surface area contributed by atoms with Gasteiger partial charge < -0.3 is 9.67 Å². The molecular weight excluding hydrogens is 252 g/mol. The average molecular weight is 276 g/mol. The molecule has 0 radical (unpaired) electrons. The zero-order valence-corrected chi connectivity index (χ0v) is 12.8. The van der Waals surface area contributed by atoms with Gasteiger partial charge in [0.15, 0.2) is 0 Å². The van der Waals surface area contributed by atoms with Gasteiger partial charge in [-0.15, -0.1) is 0 Å². The van der Waals surface area contributed by atoms with Gasteiger partial charge in [0.05, 0.1) is 11.8 Å². The van der Waals surface area contributed by atoms with Crippen molar-refractivity contribution in [1.82, 2.24) is 19.3 Å². The summed E-state index contributed by atoms with van der Waals surface area (Å²) in [5.74, 6) is 1.05. The Bertz CT molecular complexity index is 568. The fourth-order valence-corrected chi connectivity index (χ4v) is 2.71. The molecule has 2 heterocycles. The van der Waals surface area contributed by atoms with Crippen LogP contribution in [0.3, 0.4) is 0 Å². The zero-order valence-electron chi connectivity index (χ0n) is 12.8. The van der Waals surface area contributed by atoms with E-state index >= 15 is 0 Å². The van der Waals surface area contributed by atoms with E-state index in [1.54, 1.807) is 0 Å². The smallest absolute Gasteiger partial charge is 0.110 e. The molecule has 2 rings (SSSR count). The number of aryl methyl sites for hydroxylation is 4. The molecule has 0 saturated heterocycles. The van der Waals surface area contributed by atoms with Crippen molar-refractivity contribution in [3.63, 3.8) is 0 Å². The summed E-state index contributed by atoms with van der Waals surface area (Å²) in [6.45, 7) is 6.81. The zero-order chi connectivity index (χ0) is 14.7. The van der Waals surface area contributed by atoms with Gasteiger partial charge in [0.1, 0.15) is 5.82 Å². The van der Waals surface area contributed by atoms with Gasteiger partial charge in [0.2, 0.25) is 0 Å². The van der Waals surface area contributed by atoms with Gasteiger partial charge >= 0.3 is 0 Å². The normalized spacial score (nSPS) is 12.8. The Morgan fingerprint density at radius 3 is 2.55 bits per heavy atom.